The summed E-state index contributed by atoms with van der Waals surface area (Å²) in [7, 11) is -5.22. The Kier molecular flexibility index (Phi) is 12.5. The van der Waals surface area contributed by atoms with E-state index in [0.717, 1.165) is 25.7 Å². The molecule has 0 heterocycles. The third-order valence-electron chi connectivity index (χ3n) is 8.15. The minimum atomic E-state index is -5.22. The van der Waals surface area contributed by atoms with Crippen molar-refractivity contribution in [2.75, 3.05) is 0 Å². The molecule has 0 aromatic heterocycles. The number of hydrogen-bond donors (Lipinski definition) is 3. The van der Waals surface area contributed by atoms with Gasteiger partial charge in [0, 0.05) is 0 Å². The van der Waals surface area contributed by atoms with Crippen molar-refractivity contribution < 1.29 is 32.8 Å². The number of carboxylic acid groups (broad SMARTS) is 2. The second-order valence-corrected chi connectivity index (χ2v) is 10.7. The number of carboxylic acids is 2. The normalized spacial score (nSPS) is 14.3. The van der Waals surface area contributed by atoms with E-state index in [0.29, 0.717) is 51.4 Å². The number of aliphatic carboxylic acids is 2. The van der Waals surface area contributed by atoms with Gasteiger partial charge in [-0.1, -0.05) is 80.1 Å². The van der Waals surface area contributed by atoms with E-state index in [1.165, 1.54) is 0 Å². The molecular formula is C24H46O7S. The summed E-state index contributed by atoms with van der Waals surface area (Å²) in [6.07, 6.45) is 6.85. The molecule has 0 spiro atoms. The van der Waals surface area contributed by atoms with Crippen molar-refractivity contribution in [2.24, 2.45) is 16.2 Å². The Morgan fingerprint density at radius 1 is 0.719 bits per heavy atom. The van der Waals surface area contributed by atoms with Gasteiger partial charge in [-0.2, -0.15) is 8.42 Å². The van der Waals surface area contributed by atoms with Crippen LogP contribution in [0.1, 0.15) is 119 Å². The van der Waals surface area contributed by atoms with Gasteiger partial charge in [0.15, 0.2) is 0 Å². The Morgan fingerprint density at radius 3 is 1.25 bits per heavy atom. The van der Waals surface area contributed by atoms with Crippen LogP contribution in [0.3, 0.4) is 0 Å². The molecule has 190 valence electrons. The molecule has 3 N–H and O–H groups in total. The first-order valence-corrected chi connectivity index (χ1v) is 13.8. The van der Waals surface area contributed by atoms with E-state index in [1.54, 1.807) is 0 Å². The van der Waals surface area contributed by atoms with Gasteiger partial charge in [-0.05, 0) is 49.4 Å². The van der Waals surface area contributed by atoms with Crippen LogP contribution in [0.25, 0.3) is 0 Å². The minimum absolute atomic E-state index is 0.314. The fourth-order valence-electron chi connectivity index (χ4n) is 6.36. The number of rotatable bonds is 18. The maximum Gasteiger partial charge on any atom is 0.325 e. The van der Waals surface area contributed by atoms with Crippen LogP contribution < -0.4 is 0 Å². The van der Waals surface area contributed by atoms with Crippen molar-refractivity contribution in [1.82, 2.24) is 0 Å². The highest BCUT2D eigenvalue weighted by atomic mass is 32.2. The maximum atomic E-state index is 13.4. The molecule has 0 amide bonds. The minimum Gasteiger partial charge on any atom is -0.481 e. The largest absolute Gasteiger partial charge is 0.481 e. The molecule has 0 saturated carbocycles. The fourth-order valence-corrected chi connectivity index (χ4v) is 7.67. The summed E-state index contributed by atoms with van der Waals surface area (Å²) in [5.74, 6) is -3.22. The summed E-state index contributed by atoms with van der Waals surface area (Å²) in [5, 5.41) is 18.6. The Hall–Kier alpha value is -1.15. The van der Waals surface area contributed by atoms with E-state index in [4.69, 9.17) is 0 Å². The molecule has 0 aliphatic heterocycles. The zero-order valence-electron chi connectivity index (χ0n) is 20.9. The second-order valence-electron chi connectivity index (χ2n) is 9.24. The smallest absolute Gasteiger partial charge is 0.325 e. The summed E-state index contributed by atoms with van der Waals surface area (Å²) >= 11 is 0. The Balaban J connectivity index is 7.64. The molecule has 32 heavy (non-hydrogen) atoms. The third-order valence-corrected chi connectivity index (χ3v) is 9.30. The Labute approximate surface area is 195 Å². The number of unbranched alkanes of at least 4 members (excludes halogenated alkanes) is 4. The van der Waals surface area contributed by atoms with Gasteiger partial charge < -0.3 is 10.2 Å². The van der Waals surface area contributed by atoms with Crippen LogP contribution in [0.4, 0.5) is 0 Å². The lowest BCUT2D eigenvalue weighted by Crippen LogP contribution is -2.67. The van der Waals surface area contributed by atoms with Crippen LogP contribution in [-0.2, 0) is 19.7 Å². The quantitative estimate of drug-likeness (QED) is 0.159. The topological polar surface area (TPSA) is 129 Å². The van der Waals surface area contributed by atoms with Crippen molar-refractivity contribution in [1.29, 1.82) is 0 Å². The van der Waals surface area contributed by atoms with Crippen molar-refractivity contribution in [3.8, 4) is 0 Å². The Bertz CT molecular complexity index is 665. The summed E-state index contributed by atoms with van der Waals surface area (Å²) in [5.41, 5.74) is -4.38. The van der Waals surface area contributed by atoms with Gasteiger partial charge in [0.2, 0.25) is 5.25 Å². The lowest BCUT2D eigenvalue weighted by molar-refractivity contribution is -0.190. The molecule has 0 radical (unpaired) electrons. The molecule has 0 bridgehead atoms. The van der Waals surface area contributed by atoms with Gasteiger partial charge in [-0.15, -0.1) is 0 Å². The van der Waals surface area contributed by atoms with E-state index < -0.39 is 43.6 Å². The average Bonchev–Trinajstić information content (AvgIpc) is 2.72. The van der Waals surface area contributed by atoms with Gasteiger partial charge in [-0.3, -0.25) is 14.1 Å². The molecule has 0 aromatic carbocycles. The van der Waals surface area contributed by atoms with Crippen LogP contribution in [0.15, 0.2) is 0 Å². The SMILES string of the molecule is CCCCCC(CC)(CC)C(C(=O)O)(C(C(=O)O)S(=O)(=O)O)C(CC)(CC)CCCCC. The van der Waals surface area contributed by atoms with Gasteiger partial charge in [-0.25, -0.2) is 0 Å². The van der Waals surface area contributed by atoms with Crippen molar-refractivity contribution in [3.63, 3.8) is 0 Å². The number of hydrogen-bond acceptors (Lipinski definition) is 4. The van der Waals surface area contributed by atoms with Crippen LogP contribution in [0.2, 0.25) is 0 Å². The van der Waals surface area contributed by atoms with E-state index in [2.05, 4.69) is 0 Å². The zero-order valence-corrected chi connectivity index (χ0v) is 21.8. The molecule has 1 unspecified atom stereocenters. The van der Waals surface area contributed by atoms with E-state index >= 15 is 0 Å². The summed E-state index contributed by atoms with van der Waals surface area (Å²) in [4.78, 5) is 25.9. The maximum absolute atomic E-state index is 13.4. The highest BCUT2D eigenvalue weighted by Crippen LogP contribution is 2.65. The standard InChI is InChI=1S/C24H46O7S/c1-7-13-15-17-22(9-3,10-4)24(21(27)28,19(20(25)26)32(29,30)31)23(11-5,12-6)18-16-14-8-2/h19H,7-18H2,1-6H3,(H,25,26)(H,27,28)(H,29,30,31). The van der Waals surface area contributed by atoms with Crippen LogP contribution in [-0.4, -0.2) is 40.4 Å². The molecule has 0 saturated heterocycles. The first-order valence-electron chi connectivity index (χ1n) is 12.3. The van der Waals surface area contributed by atoms with Gasteiger partial charge in [0.25, 0.3) is 10.1 Å². The first-order chi connectivity index (χ1) is 14.9. The molecule has 7 nitrogen and oxygen atoms in total. The fraction of sp³-hybridized carbons (Fsp3) is 0.917. The Morgan fingerprint density at radius 2 is 1.06 bits per heavy atom. The molecule has 8 heteroatoms. The number of carbonyl (C=O) groups is 2. The lowest BCUT2D eigenvalue weighted by atomic mass is 9.43. The molecule has 0 aliphatic carbocycles. The molecule has 0 rings (SSSR count). The van der Waals surface area contributed by atoms with Crippen LogP contribution >= 0.6 is 0 Å². The van der Waals surface area contributed by atoms with Crippen molar-refractivity contribution in [3.05, 3.63) is 0 Å². The van der Waals surface area contributed by atoms with E-state index in [-0.39, 0.29) is 0 Å². The second kappa shape index (κ2) is 12.9. The van der Waals surface area contributed by atoms with Crippen LogP contribution in [0, 0.1) is 16.2 Å². The zero-order chi connectivity index (χ0) is 25.2. The predicted octanol–water partition coefficient (Wildman–Crippen LogP) is 6.17. The average molecular weight is 479 g/mol. The van der Waals surface area contributed by atoms with E-state index in [9.17, 15) is 32.8 Å². The first kappa shape index (κ1) is 30.9. The lowest BCUT2D eigenvalue weighted by Gasteiger charge is -2.59. The van der Waals surface area contributed by atoms with Crippen molar-refractivity contribution >= 4 is 22.1 Å². The summed E-state index contributed by atoms with van der Waals surface area (Å²) < 4.78 is 35.5. The molecule has 0 aliphatic rings. The van der Waals surface area contributed by atoms with Crippen molar-refractivity contribution in [2.45, 2.75) is 124 Å². The predicted molar refractivity (Wildman–Crippen MR) is 127 cm³/mol. The molecular weight excluding hydrogens is 432 g/mol. The highest BCUT2D eigenvalue weighted by molar-refractivity contribution is 7.87. The molecule has 1 atom stereocenters. The van der Waals surface area contributed by atoms with Gasteiger partial charge in [0.05, 0.1) is 0 Å². The molecule has 0 fully saturated rings. The molecule has 0 aromatic rings. The van der Waals surface area contributed by atoms with Crippen LogP contribution in [0.5, 0.6) is 0 Å². The highest BCUT2D eigenvalue weighted by Gasteiger charge is 2.72. The third kappa shape index (κ3) is 5.66. The van der Waals surface area contributed by atoms with E-state index in [1.807, 2.05) is 41.5 Å². The van der Waals surface area contributed by atoms with Gasteiger partial charge >= 0.3 is 11.9 Å². The monoisotopic (exact) mass is 478 g/mol. The summed E-state index contributed by atoms with van der Waals surface area (Å²) in [6, 6.07) is 0. The summed E-state index contributed by atoms with van der Waals surface area (Å²) in [6.45, 7) is 11.3. The van der Waals surface area contributed by atoms with Gasteiger partial charge in [0.1, 0.15) is 5.41 Å².